The zero-order valence-electron chi connectivity index (χ0n) is 12.7. The lowest BCUT2D eigenvalue weighted by Gasteiger charge is -2.09. The van der Waals surface area contributed by atoms with Crippen molar-refractivity contribution in [2.75, 3.05) is 0 Å². The summed E-state index contributed by atoms with van der Waals surface area (Å²) in [6.45, 7) is 8.19. The third-order valence-corrected chi connectivity index (χ3v) is 3.20. The minimum atomic E-state index is -0.455. The molecule has 0 aliphatic rings. The first-order chi connectivity index (χ1) is 9.01. The lowest BCUT2D eigenvalue weighted by Crippen LogP contribution is -2.18. The van der Waals surface area contributed by atoms with Crippen molar-refractivity contribution in [3.63, 3.8) is 0 Å². The van der Waals surface area contributed by atoms with Crippen molar-refractivity contribution < 1.29 is 19.4 Å². The SMILES string of the molecule is CCC(CC)C(=O)OOC(=O)CCCCCC(C)C. The highest BCUT2D eigenvalue weighted by atomic mass is 17.2. The molecule has 19 heavy (non-hydrogen) atoms. The van der Waals surface area contributed by atoms with Crippen molar-refractivity contribution in [3.05, 3.63) is 0 Å². The van der Waals surface area contributed by atoms with Crippen molar-refractivity contribution >= 4 is 11.9 Å². The zero-order valence-corrected chi connectivity index (χ0v) is 12.7. The van der Waals surface area contributed by atoms with Gasteiger partial charge in [-0.2, -0.15) is 0 Å². The van der Waals surface area contributed by atoms with Crippen LogP contribution in [0.5, 0.6) is 0 Å². The van der Waals surface area contributed by atoms with E-state index in [2.05, 4.69) is 23.6 Å². The number of carbonyl (C=O) groups is 2. The van der Waals surface area contributed by atoms with Gasteiger partial charge in [0.2, 0.25) is 0 Å². The van der Waals surface area contributed by atoms with E-state index in [0.717, 1.165) is 19.3 Å². The van der Waals surface area contributed by atoms with Gasteiger partial charge < -0.3 is 0 Å². The van der Waals surface area contributed by atoms with Gasteiger partial charge in [-0.15, -0.1) is 0 Å². The quantitative estimate of drug-likeness (QED) is 0.361. The molecule has 0 aliphatic carbocycles. The van der Waals surface area contributed by atoms with E-state index in [0.29, 0.717) is 25.2 Å². The van der Waals surface area contributed by atoms with Crippen LogP contribution in [-0.2, 0) is 19.4 Å². The van der Waals surface area contributed by atoms with E-state index in [4.69, 9.17) is 0 Å². The molecule has 0 bridgehead atoms. The molecule has 0 spiro atoms. The molecule has 4 nitrogen and oxygen atoms in total. The first kappa shape index (κ1) is 17.9. The number of hydrogen-bond donors (Lipinski definition) is 0. The highest BCUT2D eigenvalue weighted by Crippen LogP contribution is 2.12. The van der Waals surface area contributed by atoms with Crippen molar-refractivity contribution in [1.29, 1.82) is 0 Å². The van der Waals surface area contributed by atoms with Crippen LogP contribution in [0.15, 0.2) is 0 Å². The van der Waals surface area contributed by atoms with E-state index >= 15 is 0 Å². The van der Waals surface area contributed by atoms with Crippen molar-refractivity contribution in [1.82, 2.24) is 0 Å². The normalized spacial score (nSPS) is 10.8. The second-order valence-corrected chi connectivity index (χ2v) is 5.36. The van der Waals surface area contributed by atoms with E-state index in [1.807, 2.05) is 13.8 Å². The van der Waals surface area contributed by atoms with Crippen LogP contribution < -0.4 is 0 Å². The molecule has 0 aromatic carbocycles. The first-order valence-electron chi connectivity index (χ1n) is 7.42. The Bertz CT molecular complexity index is 257. The van der Waals surface area contributed by atoms with E-state index in [9.17, 15) is 9.59 Å². The number of unbranched alkanes of at least 4 members (excludes halogenated alkanes) is 2. The fourth-order valence-corrected chi connectivity index (χ4v) is 1.82. The average Bonchev–Trinajstić information content (AvgIpc) is 2.37. The summed E-state index contributed by atoms with van der Waals surface area (Å²) in [5, 5.41) is 0. The van der Waals surface area contributed by atoms with E-state index in [1.54, 1.807) is 0 Å². The standard InChI is InChI=1S/C15H28O4/c1-5-13(6-2)15(17)19-18-14(16)11-9-7-8-10-12(3)4/h12-13H,5-11H2,1-4H3. The summed E-state index contributed by atoms with van der Waals surface area (Å²) in [5.41, 5.74) is 0. The summed E-state index contributed by atoms with van der Waals surface area (Å²) < 4.78 is 0. The number of rotatable bonds is 9. The summed E-state index contributed by atoms with van der Waals surface area (Å²) >= 11 is 0. The second-order valence-electron chi connectivity index (χ2n) is 5.36. The molecule has 0 rings (SSSR count). The van der Waals surface area contributed by atoms with Crippen LogP contribution in [0.1, 0.15) is 72.6 Å². The molecule has 0 saturated carbocycles. The van der Waals surface area contributed by atoms with Gasteiger partial charge in [0, 0.05) is 0 Å². The van der Waals surface area contributed by atoms with Gasteiger partial charge in [0.05, 0.1) is 12.3 Å². The Morgan fingerprint density at radius 2 is 1.58 bits per heavy atom. The molecular formula is C15H28O4. The topological polar surface area (TPSA) is 52.6 Å². The van der Waals surface area contributed by atoms with Crippen LogP contribution in [0.2, 0.25) is 0 Å². The van der Waals surface area contributed by atoms with Gasteiger partial charge in [0.1, 0.15) is 0 Å². The monoisotopic (exact) mass is 272 g/mol. The van der Waals surface area contributed by atoms with Crippen LogP contribution in [0.4, 0.5) is 0 Å². The van der Waals surface area contributed by atoms with Gasteiger partial charge in [-0.05, 0) is 25.2 Å². The Morgan fingerprint density at radius 1 is 0.947 bits per heavy atom. The lowest BCUT2D eigenvalue weighted by molar-refractivity contribution is -0.262. The molecule has 0 heterocycles. The molecule has 0 aromatic rings. The van der Waals surface area contributed by atoms with E-state index in [-0.39, 0.29) is 5.92 Å². The smallest absolute Gasteiger partial charge is 0.247 e. The molecule has 0 radical (unpaired) electrons. The maximum absolute atomic E-state index is 11.5. The van der Waals surface area contributed by atoms with Crippen molar-refractivity contribution in [2.45, 2.75) is 72.6 Å². The van der Waals surface area contributed by atoms with Gasteiger partial charge in [-0.1, -0.05) is 47.0 Å². The first-order valence-corrected chi connectivity index (χ1v) is 7.42. The summed E-state index contributed by atoms with van der Waals surface area (Å²) in [6.07, 6.45) is 5.80. The molecule has 0 atom stereocenters. The molecule has 112 valence electrons. The molecule has 0 fully saturated rings. The van der Waals surface area contributed by atoms with Gasteiger partial charge in [-0.25, -0.2) is 19.4 Å². The van der Waals surface area contributed by atoms with Gasteiger partial charge in [0.25, 0.3) is 0 Å². The Hall–Kier alpha value is -1.06. The molecule has 0 aliphatic heterocycles. The van der Waals surface area contributed by atoms with Gasteiger partial charge >= 0.3 is 11.9 Å². The maximum atomic E-state index is 11.5. The Kier molecular flexibility index (Phi) is 10.2. The Labute approximate surface area is 116 Å². The highest BCUT2D eigenvalue weighted by molar-refractivity contribution is 5.74. The molecule has 0 unspecified atom stereocenters. The van der Waals surface area contributed by atoms with Crippen LogP contribution in [0.25, 0.3) is 0 Å². The molecule has 4 heteroatoms. The van der Waals surface area contributed by atoms with Crippen LogP contribution in [0, 0.1) is 11.8 Å². The minimum Gasteiger partial charge on any atom is -0.247 e. The third-order valence-electron chi connectivity index (χ3n) is 3.20. The lowest BCUT2D eigenvalue weighted by atomic mass is 10.0. The largest absolute Gasteiger partial charge is 0.358 e. The van der Waals surface area contributed by atoms with Crippen molar-refractivity contribution in [3.8, 4) is 0 Å². The Balaban J connectivity index is 3.61. The summed E-state index contributed by atoms with van der Waals surface area (Å²) in [7, 11) is 0. The fourth-order valence-electron chi connectivity index (χ4n) is 1.82. The Morgan fingerprint density at radius 3 is 2.11 bits per heavy atom. The molecule has 0 aromatic heterocycles. The highest BCUT2D eigenvalue weighted by Gasteiger charge is 2.18. The number of carbonyl (C=O) groups excluding carboxylic acids is 2. The van der Waals surface area contributed by atoms with Crippen LogP contribution in [-0.4, -0.2) is 11.9 Å². The van der Waals surface area contributed by atoms with Crippen LogP contribution >= 0.6 is 0 Å². The van der Waals surface area contributed by atoms with E-state index < -0.39 is 11.9 Å². The fraction of sp³-hybridized carbons (Fsp3) is 0.867. The second kappa shape index (κ2) is 10.8. The summed E-state index contributed by atoms with van der Waals surface area (Å²) in [6, 6.07) is 0. The molecular weight excluding hydrogens is 244 g/mol. The zero-order chi connectivity index (χ0) is 14.7. The summed E-state index contributed by atoms with van der Waals surface area (Å²) in [5.74, 6) is -0.381. The van der Waals surface area contributed by atoms with Crippen molar-refractivity contribution in [2.24, 2.45) is 11.8 Å². The average molecular weight is 272 g/mol. The third kappa shape index (κ3) is 9.51. The van der Waals surface area contributed by atoms with E-state index in [1.165, 1.54) is 6.42 Å². The molecule has 0 amide bonds. The maximum Gasteiger partial charge on any atom is 0.358 e. The van der Waals surface area contributed by atoms with Crippen LogP contribution in [0.3, 0.4) is 0 Å². The van der Waals surface area contributed by atoms with Gasteiger partial charge in [-0.3, -0.25) is 0 Å². The molecule has 0 saturated heterocycles. The number of hydrogen-bond acceptors (Lipinski definition) is 4. The minimum absolute atomic E-state index is 0.182. The molecule has 0 N–H and O–H groups in total. The predicted molar refractivity (Wildman–Crippen MR) is 74.2 cm³/mol. The summed E-state index contributed by atoms with van der Waals surface area (Å²) in [4.78, 5) is 31.9. The van der Waals surface area contributed by atoms with Gasteiger partial charge in [0.15, 0.2) is 0 Å². The predicted octanol–water partition coefficient (Wildman–Crippen LogP) is 4.03.